The van der Waals surface area contributed by atoms with E-state index in [0.29, 0.717) is 11.8 Å². The number of aldehydes is 2. The molecular weight excluding hydrogens is 212 g/mol. The summed E-state index contributed by atoms with van der Waals surface area (Å²) in [5, 5.41) is 0. The van der Waals surface area contributed by atoms with Gasteiger partial charge in [-0.2, -0.15) is 0 Å². The Hall–Kier alpha value is -0.920. The molecule has 1 spiro atoms. The first kappa shape index (κ1) is 11.2. The van der Waals surface area contributed by atoms with Crippen LogP contribution in [-0.2, 0) is 9.59 Å². The van der Waals surface area contributed by atoms with E-state index in [-0.39, 0.29) is 16.7 Å². The molecule has 0 N–H and O–H groups in total. The third-order valence-corrected chi connectivity index (χ3v) is 6.04. The lowest BCUT2D eigenvalue weighted by Gasteiger charge is -2.37. The molecule has 4 unspecified atom stereocenters. The van der Waals surface area contributed by atoms with Gasteiger partial charge in [0.1, 0.15) is 12.6 Å². The van der Waals surface area contributed by atoms with Crippen molar-refractivity contribution in [2.45, 2.75) is 39.5 Å². The number of carbonyl (C=O) groups excluding carboxylic acids is 2. The first-order chi connectivity index (χ1) is 8.07. The van der Waals surface area contributed by atoms with Crippen LogP contribution in [0, 0.1) is 28.6 Å². The van der Waals surface area contributed by atoms with Gasteiger partial charge in [-0.3, -0.25) is 4.79 Å². The maximum Gasteiger partial charge on any atom is 0.146 e. The Kier molecular flexibility index (Phi) is 2.17. The summed E-state index contributed by atoms with van der Waals surface area (Å²) < 4.78 is 0. The van der Waals surface area contributed by atoms with E-state index in [1.807, 2.05) is 0 Å². The zero-order chi connectivity index (χ0) is 12.3. The Morgan fingerprint density at radius 3 is 2.71 bits per heavy atom. The minimum Gasteiger partial charge on any atom is -0.303 e. The molecule has 2 saturated carbocycles. The maximum absolute atomic E-state index is 11.4. The molecule has 0 aromatic heterocycles. The van der Waals surface area contributed by atoms with Gasteiger partial charge < -0.3 is 4.79 Å². The molecule has 92 valence electrons. The molecule has 0 saturated heterocycles. The van der Waals surface area contributed by atoms with E-state index >= 15 is 0 Å². The summed E-state index contributed by atoms with van der Waals surface area (Å²) in [5.41, 5.74) is 1.11. The van der Waals surface area contributed by atoms with Crippen molar-refractivity contribution in [1.29, 1.82) is 0 Å². The van der Waals surface area contributed by atoms with Gasteiger partial charge in [-0.25, -0.2) is 0 Å². The molecule has 2 bridgehead atoms. The highest BCUT2D eigenvalue weighted by Gasteiger charge is 2.65. The average Bonchev–Trinajstić information content (AvgIpc) is 2.75. The monoisotopic (exact) mass is 232 g/mol. The number of allylic oxidation sites excluding steroid dienone is 2. The number of hydrogen-bond donors (Lipinski definition) is 0. The van der Waals surface area contributed by atoms with Gasteiger partial charge in [0.25, 0.3) is 0 Å². The average molecular weight is 232 g/mol. The topological polar surface area (TPSA) is 34.1 Å². The molecule has 2 heteroatoms. The Morgan fingerprint density at radius 2 is 2.06 bits per heavy atom. The molecule has 3 aliphatic rings. The van der Waals surface area contributed by atoms with Crippen LogP contribution in [0.25, 0.3) is 0 Å². The van der Waals surface area contributed by atoms with Gasteiger partial charge >= 0.3 is 0 Å². The predicted molar refractivity (Wildman–Crippen MR) is 65.4 cm³/mol. The second-order valence-corrected chi connectivity index (χ2v) is 6.65. The van der Waals surface area contributed by atoms with Crippen LogP contribution in [0.3, 0.4) is 0 Å². The molecule has 0 aromatic carbocycles. The van der Waals surface area contributed by atoms with Crippen molar-refractivity contribution in [3.8, 4) is 0 Å². The van der Waals surface area contributed by atoms with E-state index in [2.05, 4.69) is 19.9 Å². The molecule has 0 radical (unpaired) electrons. The third kappa shape index (κ3) is 1.12. The van der Waals surface area contributed by atoms with Crippen LogP contribution in [-0.4, -0.2) is 12.6 Å². The van der Waals surface area contributed by atoms with Gasteiger partial charge in [-0.15, -0.1) is 0 Å². The molecule has 2 fully saturated rings. The van der Waals surface area contributed by atoms with Gasteiger partial charge in [-0.05, 0) is 48.5 Å². The Labute approximate surface area is 102 Å². The summed E-state index contributed by atoms with van der Waals surface area (Å²) >= 11 is 0. The minimum absolute atomic E-state index is 0.0773. The van der Waals surface area contributed by atoms with E-state index in [0.717, 1.165) is 43.8 Å². The zero-order valence-electron chi connectivity index (χ0n) is 10.6. The third-order valence-electron chi connectivity index (χ3n) is 6.04. The van der Waals surface area contributed by atoms with E-state index in [4.69, 9.17) is 0 Å². The molecule has 3 aliphatic carbocycles. The van der Waals surface area contributed by atoms with Crippen LogP contribution in [0.15, 0.2) is 11.6 Å². The fourth-order valence-corrected chi connectivity index (χ4v) is 5.13. The highest BCUT2D eigenvalue weighted by Crippen LogP contribution is 2.71. The number of hydrogen-bond acceptors (Lipinski definition) is 2. The quantitative estimate of drug-likeness (QED) is 0.686. The SMILES string of the molecule is CC1(C)C2CC=C(C=O)C3(C2)C(C=O)CCC13. The number of carbonyl (C=O) groups is 2. The van der Waals surface area contributed by atoms with Gasteiger partial charge in [-0.1, -0.05) is 19.9 Å². The zero-order valence-corrected chi connectivity index (χ0v) is 10.6. The standard InChI is InChI=1S/C15H20O2/c1-14(2)10-3-4-11(8-16)15(7-10)12(9-17)5-6-13(14)15/h4,8-10,12-13H,3,5-7H2,1-2H3. The molecule has 2 nitrogen and oxygen atoms in total. The molecule has 3 rings (SSSR count). The van der Waals surface area contributed by atoms with Crippen molar-refractivity contribution in [3.05, 3.63) is 11.6 Å². The second kappa shape index (κ2) is 3.30. The lowest BCUT2D eigenvalue weighted by atomic mass is 9.65. The van der Waals surface area contributed by atoms with Crippen LogP contribution in [0.5, 0.6) is 0 Å². The van der Waals surface area contributed by atoms with Crippen LogP contribution in [0.1, 0.15) is 39.5 Å². The first-order valence-corrected chi connectivity index (χ1v) is 6.68. The van der Waals surface area contributed by atoms with Gasteiger partial charge in [0.2, 0.25) is 0 Å². The highest BCUT2D eigenvalue weighted by atomic mass is 16.1. The predicted octanol–water partition coefficient (Wildman–Crippen LogP) is 2.77. The first-order valence-electron chi connectivity index (χ1n) is 6.68. The van der Waals surface area contributed by atoms with Crippen molar-refractivity contribution in [2.24, 2.45) is 28.6 Å². The molecule has 17 heavy (non-hydrogen) atoms. The summed E-state index contributed by atoms with van der Waals surface area (Å²) in [5.74, 6) is 1.25. The second-order valence-electron chi connectivity index (χ2n) is 6.65. The van der Waals surface area contributed by atoms with Crippen LogP contribution < -0.4 is 0 Å². The minimum atomic E-state index is -0.101. The lowest BCUT2D eigenvalue weighted by Crippen LogP contribution is -2.35. The van der Waals surface area contributed by atoms with Crippen molar-refractivity contribution >= 4 is 12.6 Å². The van der Waals surface area contributed by atoms with E-state index < -0.39 is 0 Å². The van der Waals surface area contributed by atoms with Gasteiger partial charge in [0, 0.05) is 11.3 Å². The summed E-state index contributed by atoms with van der Waals surface area (Å²) in [6, 6.07) is 0. The molecule has 4 atom stereocenters. The van der Waals surface area contributed by atoms with Crippen molar-refractivity contribution < 1.29 is 9.59 Å². The van der Waals surface area contributed by atoms with Crippen molar-refractivity contribution in [1.82, 2.24) is 0 Å². The van der Waals surface area contributed by atoms with Crippen LogP contribution in [0.2, 0.25) is 0 Å². The smallest absolute Gasteiger partial charge is 0.146 e. The number of rotatable bonds is 2. The van der Waals surface area contributed by atoms with Crippen molar-refractivity contribution in [2.75, 3.05) is 0 Å². The Morgan fingerprint density at radius 1 is 1.29 bits per heavy atom. The summed E-state index contributed by atoms with van der Waals surface area (Å²) in [6.07, 6.45) is 8.40. The van der Waals surface area contributed by atoms with Crippen LogP contribution in [0.4, 0.5) is 0 Å². The molecule has 0 amide bonds. The number of fused-ring (bicyclic) bond motifs is 1. The largest absolute Gasteiger partial charge is 0.303 e. The summed E-state index contributed by atoms with van der Waals surface area (Å²) in [6.45, 7) is 4.66. The van der Waals surface area contributed by atoms with E-state index in [9.17, 15) is 9.59 Å². The Balaban J connectivity index is 2.17. The van der Waals surface area contributed by atoms with Crippen LogP contribution >= 0.6 is 0 Å². The molecule has 0 aliphatic heterocycles. The fraction of sp³-hybridized carbons (Fsp3) is 0.733. The molecular formula is C15H20O2. The molecule has 0 aromatic rings. The lowest BCUT2D eigenvalue weighted by molar-refractivity contribution is -0.114. The highest BCUT2D eigenvalue weighted by molar-refractivity contribution is 5.79. The summed E-state index contributed by atoms with van der Waals surface area (Å²) in [7, 11) is 0. The summed E-state index contributed by atoms with van der Waals surface area (Å²) in [4.78, 5) is 22.7. The van der Waals surface area contributed by atoms with Crippen molar-refractivity contribution in [3.63, 3.8) is 0 Å². The van der Waals surface area contributed by atoms with E-state index in [1.165, 1.54) is 0 Å². The van der Waals surface area contributed by atoms with E-state index in [1.54, 1.807) is 0 Å². The fourth-order valence-electron chi connectivity index (χ4n) is 5.13. The van der Waals surface area contributed by atoms with Gasteiger partial charge in [0.15, 0.2) is 0 Å². The maximum atomic E-state index is 11.4. The van der Waals surface area contributed by atoms with Gasteiger partial charge in [0.05, 0.1) is 0 Å². The molecule has 0 heterocycles. The Bertz CT molecular complexity index is 407. The normalized spacial score (nSPS) is 46.2.